The zero-order valence-corrected chi connectivity index (χ0v) is 7.56. The predicted molar refractivity (Wildman–Crippen MR) is 48.8 cm³/mol. The molecule has 0 spiro atoms. The molecule has 1 N–H and O–H groups in total. The summed E-state index contributed by atoms with van der Waals surface area (Å²) in [6.07, 6.45) is 1.42. The van der Waals surface area contributed by atoms with Crippen LogP contribution in [-0.4, -0.2) is 23.9 Å². The van der Waals surface area contributed by atoms with E-state index in [1.54, 1.807) is 12.5 Å². The highest BCUT2D eigenvalue weighted by atomic mass is 32.2. The number of nitrogens with one attached hydrogen (secondary N) is 1. The molecular weight excluding hydrogens is 176 g/mol. The van der Waals surface area contributed by atoms with E-state index in [0.29, 0.717) is 6.61 Å². The summed E-state index contributed by atoms with van der Waals surface area (Å²) in [5, 5.41) is 3.78. The molecule has 1 heterocycles. The molecule has 0 fully saturated rings. The van der Waals surface area contributed by atoms with Crippen molar-refractivity contribution in [1.29, 1.82) is 0 Å². The summed E-state index contributed by atoms with van der Waals surface area (Å²) in [5.74, 6) is 0.417. The van der Waals surface area contributed by atoms with Crippen LogP contribution in [0, 0.1) is 0 Å². The number of hydrazone groups is 1. The summed E-state index contributed by atoms with van der Waals surface area (Å²) < 4.78 is 4.73. The van der Waals surface area contributed by atoms with Gasteiger partial charge in [0.05, 0.1) is 17.9 Å². The fraction of sp³-hybridized carbons (Fsp3) is 0.429. The highest BCUT2D eigenvalue weighted by molar-refractivity contribution is 8.12. The molecule has 4 nitrogen and oxygen atoms in total. The molecule has 0 bridgehead atoms. The van der Waals surface area contributed by atoms with E-state index in [4.69, 9.17) is 4.74 Å². The molecule has 0 aliphatic carbocycles. The van der Waals surface area contributed by atoms with Crippen LogP contribution in [0.1, 0.15) is 6.92 Å². The van der Waals surface area contributed by atoms with E-state index in [1.807, 2.05) is 0 Å². The van der Waals surface area contributed by atoms with Crippen LogP contribution in [0.2, 0.25) is 0 Å². The summed E-state index contributed by atoms with van der Waals surface area (Å²) in [7, 11) is 0. The maximum absolute atomic E-state index is 10.9. The fourth-order valence-electron chi connectivity index (χ4n) is 0.706. The van der Waals surface area contributed by atoms with Gasteiger partial charge in [0.2, 0.25) is 0 Å². The molecule has 0 amide bonds. The molecule has 5 heteroatoms. The van der Waals surface area contributed by atoms with Gasteiger partial charge in [0, 0.05) is 11.8 Å². The third-order valence-electron chi connectivity index (χ3n) is 1.15. The van der Waals surface area contributed by atoms with Crippen LogP contribution >= 0.6 is 11.8 Å². The van der Waals surface area contributed by atoms with Gasteiger partial charge in [-0.1, -0.05) is 0 Å². The van der Waals surface area contributed by atoms with Gasteiger partial charge in [-0.15, -0.1) is 11.8 Å². The normalized spacial score (nSPS) is 18.9. The fourth-order valence-corrected chi connectivity index (χ4v) is 1.24. The van der Waals surface area contributed by atoms with Gasteiger partial charge in [0.1, 0.15) is 0 Å². The second-order valence-corrected chi connectivity index (χ2v) is 2.91. The molecule has 1 aliphatic rings. The minimum Gasteiger partial charge on any atom is -0.463 e. The Morgan fingerprint density at radius 3 is 3.42 bits per heavy atom. The number of carbonyl (C=O) groups is 1. The van der Waals surface area contributed by atoms with E-state index in [0.717, 1.165) is 11.4 Å². The number of rotatable bonds is 2. The molecular formula is C7H10N2O2S. The average molecular weight is 186 g/mol. The van der Waals surface area contributed by atoms with Gasteiger partial charge in [-0.2, -0.15) is 5.10 Å². The first-order valence-corrected chi connectivity index (χ1v) is 4.64. The number of nitrogens with zero attached hydrogens (tertiary/aromatic N) is 1. The van der Waals surface area contributed by atoms with Crippen molar-refractivity contribution in [1.82, 2.24) is 5.43 Å². The van der Waals surface area contributed by atoms with Crippen molar-refractivity contribution in [2.45, 2.75) is 6.92 Å². The Hall–Kier alpha value is -0.970. The maximum atomic E-state index is 10.9. The second kappa shape index (κ2) is 4.82. The van der Waals surface area contributed by atoms with Crippen LogP contribution in [0.15, 0.2) is 16.9 Å². The quantitative estimate of drug-likeness (QED) is 0.510. The third kappa shape index (κ3) is 2.96. The van der Waals surface area contributed by atoms with Crippen LogP contribution in [0.5, 0.6) is 0 Å². The first kappa shape index (κ1) is 9.12. The lowest BCUT2D eigenvalue weighted by Gasteiger charge is -2.08. The Labute approximate surface area is 75.0 Å². The Bertz CT molecular complexity index is 225. The SMILES string of the molecule is CCOC(=O)/C=C1/CSC=NN1. The smallest absolute Gasteiger partial charge is 0.332 e. The van der Waals surface area contributed by atoms with E-state index in [-0.39, 0.29) is 5.97 Å². The van der Waals surface area contributed by atoms with Gasteiger partial charge in [-0.25, -0.2) is 4.79 Å². The third-order valence-corrected chi connectivity index (χ3v) is 1.89. The van der Waals surface area contributed by atoms with Crippen LogP contribution in [0.25, 0.3) is 0 Å². The summed E-state index contributed by atoms with van der Waals surface area (Å²) in [6.45, 7) is 2.18. The topological polar surface area (TPSA) is 50.7 Å². The number of carbonyl (C=O) groups excluding carboxylic acids is 1. The number of hydrogen-bond donors (Lipinski definition) is 1. The van der Waals surface area contributed by atoms with Gasteiger partial charge in [0.25, 0.3) is 0 Å². The average Bonchev–Trinajstić information content (AvgIpc) is 2.06. The highest BCUT2D eigenvalue weighted by Gasteiger charge is 2.03. The van der Waals surface area contributed by atoms with Crippen molar-refractivity contribution in [3.63, 3.8) is 0 Å². The van der Waals surface area contributed by atoms with Crippen LogP contribution in [0.4, 0.5) is 0 Å². The zero-order valence-electron chi connectivity index (χ0n) is 6.74. The lowest BCUT2D eigenvalue weighted by Crippen LogP contribution is -2.14. The first-order chi connectivity index (χ1) is 5.83. The molecule has 0 radical (unpaired) electrons. The van der Waals surface area contributed by atoms with E-state index < -0.39 is 0 Å². The Morgan fingerprint density at radius 2 is 2.83 bits per heavy atom. The molecule has 0 saturated carbocycles. The van der Waals surface area contributed by atoms with Gasteiger partial charge in [-0.05, 0) is 6.92 Å². The first-order valence-electron chi connectivity index (χ1n) is 3.59. The molecule has 0 aromatic rings. The molecule has 0 aromatic carbocycles. The lowest BCUT2D eigenvalue weighted by molar-refractivity contribution is -0.137. The van der Waals surface area contributed by atoms with E-state index in [2.05, 4.69) is 10.5 Å². The molecule has 0 atom stereocenters. The second-order valence-electron chi connectivity index (χ2n) is 2.08. The summed E-state index contributed by atoms with van der Waals surface area (Å²) in [4.78, 5) is 10.9. The lowest BCUT2D eigenvalue weighted by atomic mass is 10.4. The van der Waals surface area contributed by atoms with Crippen molar-refractivity contribution in [2.24, 2.45) is 5.10 Å². The molecule has 0 aromatic heterocycles. The Morgan fingerprint density at radius 1 is 2.00 bits per heavy atom. The predicted octanol–water partition coefficient (Wildman–Crippen LogP) is 0.713. The number of ether oxygens (including phenoxy) is 1. The highest BCUT2D eigenvalue weighted by Crippen LogP contribution is 2.06. The zero-order chi connectivity index (χ0) is 8.81. The van der Waals surface area contributed by atoms with Crippen LogP contribution < -0.4 is 5.43 Å². The monoisotopic (exact) mass is 186 g/mol. The van der Waals surface area contributed by atoms with Gasteiger partial charge >= 0.3 is 5.97 Å². The molecule has 1 rings (SSSR count). The Kier molecular flexibility index (Phi) is 3.66. The van der Waals surface area contributed by atoms with Gasteiger partial charge in [-0.3, -0.25) is 5.43 Å². The van der Waals surface area contributed by atoms with E-state index in [1.165, 1.54) is 17.8 Å². The molecule has 66 valence electrons. The minimum absolute atomic E-state index is 0.322. The summed E-state index contributed by atoms with van der Waals surface area (Å²) in [6, 6.07) is 0. The van der Waals surface area contributed by atoms with E-state index in [9.17, 15) is 4.79 Å². The van der Waals surface area contributed by atoms with Crippen molar-refractivity contribution in [3.05, 3.63) is 11.8 Å². The van der Waals surface area contributed by atoms with Crippen molar-refractivity contribution in [3.8, 4) is 0 Å². The standard InChI is InChI=1S/C7H10N2O2S/c1-2-11-7(10)3-6-4-12-5-8-9-6/h3,5,9H,2,4H2,1H3/b6-3-. The number of thioether (sulfide) groups is 1. The van der Waals surface area contributed by atoms with Crippen molar-refractivity contribution < 1.29 is 9.53 Å². The summed E-state index contributed by atoms with van der Waals surface area (Å²) in [5.41, 5.74) is 5.19. The largest absolute Gasteiger partial charge is 0.463 e. The molecule has 0 saturated heterocycles. The van der Waals surface area contributed by atoms with E-state index >= 15 is 0 Å². The Balaban J connectivity index is 2.44. The summed E-state index contributed by atoms with van der Waals surface area (Å²) >= 11 is 1.53. The molecule has 1 aliphatic heterocycles. The molecule has 0 unspecified atom stereocenters. The maximum Gasteiger partial charge on any atom is 0.332 e. The van der Waals surface area contributed by atoms with Crippen LogP contribution in [0.3, 0.4) is 0 Å². The molecule has 12 heavy (non-hydrogen) atoms. The van der Waals surface area contributed by atoms with Crippen molar-refractivity contribution >= 4 is 23.3 Å². The minimum atomic E-state index is -0.322. The van der Waals surface area contributed by atoms with Gasteiger partial charge < -0.3 is 4.74 Å². The van der Waals surface area contributed by atoms with Gasteiger partial charge in [0.15, 0.2) is 0 Å². The van der Waals surface area contributed by atoms with Crippen LogP contribution in [-0.2, 0) is 9.53 Å². The number of hydrogen-bond acceptors (Lipinski definition) is 5. The number of esters is 1. The van der Waals surface area contributed by atoms with Crippen molar-refractivity contribution in [2.75, 3.05) is 12.4 Å².